The molecule has 0 unspecified atom stereocenters. The third-order valence-corrected chi connectivity index (χ3v) is 5.26. The molecule has 0 amide bonds. The van der Waals surface area contributed by atoms with Crippen molar-refractivity contribution in [1.82, 2.24) is 9.71 Å². The van der Waals surface area contributed by atoms with Crippen molar-refractivity contribution in [2.45, 2.75) is 16.7 Å². The average molecular weight is 332 g/mol. The van der Waals surface area contributed by atoms with E-state index in [1.165, 1.54) is 30.3 Å². The normalized spacial score (nSPS) is 11.7. The molecule has 3 aromatic rings. The minimum absolute atomic E-state index is 0.0547. The van der Waals surface area contributed by atoms with E-state index >= 15 is 0 Å². The summed E-state index contributed by atoms with van der Waals surface area (Å²) in [5.41, 5.74) is -1.45. The van der Waals surface area contributed by atoms with E-state index in [1.54, 1.807) is 19.1 Å². The zero-order chi connectivity index (χ0) is 16.8. The SMILES string of the molecule is Cc1cccc(S(=O)(=O)c2cccc3c(=O)n(O)c(=O)[nH]c23)c1. The van der Waals surface area contributed by atoms with Crippen LogP contribution in [0, 0.1) is 6.92 Å². The molecule has 2 N–H and O–H groups in total. The quantitative estimate of drug-likeness (QED) is 0.682. The van der Waals surface area contributed by atoms with Crippen LogP contribution < -0.4 is 11.2 Å². The lowest BCUT2D eigenvalue weighted by molar-refractivity contribution is 0.162. The Morgan fingerprint density at radius 2 is 1.78 bits per heavy atom. The van der Waals surface area contributed by atoms with E-state index in [2.05, 4.69) is 4.98 Å². The maximum atomic E-state index is 12.8. The average Bonchev–Trinajstić information content (AvgIpc) is 2.52. The highest BCUT2D eigenvalue weighted by atomic mass is 32.2. The Morgan fingerprint density at radius 1 is 1.09 bits per heavy atom. The molecule has 0 spiro atoms. The van der Waals surface area contributed by atoms with Crippen molar-refractivity contribution < 1.29 is 13.6 Å². The number of nitrogens with zero attached hydrogens (tertiary/aromatic N) is 1. The van der Waals surface area contributed by atoms with Gasteiger partial charge in [0.25, 0.3) is 5.56 Å². The molecule has 23 heavy (non-hydrogen) atoms. The summed E-state index contributed by atoms with van der Waals surface area (Å²) in [6.45, 7) is 1.76. The van der Waals surface area contributed by atoms with Crippen molar-refractivity contribution in [2.75, 3.05) is 0 Å². The molecule has 3 rings (SSSR count). The molecule has 0 fully saturated rings. The zero-order valence-electron chi connectivity index (χ0n) is 12.0. The lowest BCUT2D eigenvalue weighted by atomic mass is 10.2. The molecule has 8 heteroatoms. The van der Waals surface area contributed by atoms with Crippen LogP contribution in [-0.4, -0.2) is 23.3 Å². The van der Waals surface area contributed by atoms with Gasteiger partial charge < -0.3 is 10.2 Å². The number of aryl methyl sites for hydroxylation is 1. The Kier molecular flexibility index (Phi) is 3.33. The summed E-state index contributed by atoms with van der Waals surface area (Å²) in [7, 11) is -3.93. The van der Waals surface area contributed by atoms with Crippen LogP contribution in [0.25, 0.3) is 10.9 Å². The first kappa shape index (κ1) is 15.0. The lowest BCUT2D eigenvalue weighted by Gasteiger charge is -2.09. The van der Waals surface area contributed by atoms with Crippen molar-refractivity contribution in [3.05, 3.63) is 68.9 Å². The van der Waals surface area contributed by atoms with Gasteiger partial charge in [0.15, 0.2) is 0 Å². The van der Waals surface area contributed by atoms with Gasteiger partial charge >= 0.3 is 5.69 Å². The molecule has 0 saturated heterocycles. The second kappa shape index (κ2) is 5.10. The number of hydrogen-bond donors (Lipinski definition) is 2. The summed E-state index contributed by atoms with van der Waals surface area (Å²) >= 11 is 0. The van der Waals surface area contributed by atoms with Gasteiger partial charge in [0.1, 0.15) is 0 Å². The van der Waals surface area contributed by atoms with E-state index < -0.39 is 21.1 Å². The third kappa shape index (κ3) is 2.33. The monoisotopic (exact) mass is 332 g/mol. The number of aromatic nitrogens is 2. The summed E-state index contributed by atoms with van der Waals surface area (Å²) < 4.78 is 25.5. The molecule has 0 aliphatic heterocycles. The smallest absolute Gasteiger partial charge is 0.362 e. The van der Waals surface area contributed by atoms with Gasteiger partial charge in [-0.05, 0) is 36.8 Å². The molecule has 0 bridgehead atoms. The molecule has 0 aliphatic rings. The highest BCUT2D eigenvalue weighted by molar-refractivity contribution is 7.91. The number of fused-ring (bicyclic) bond motifs is 1. The second-order valence-electron chi connectivity index (χ2n) is 5.05. The van der Waals surface area contributed by atoms with Crippen LogP contribution in [0.15, 0.2) is 61.8 Å². The maximum Gasteiger partial charge on any atom is 0.362 e. The summed E-state index contributed by atoms with van der Waals surface area (Å²) in [5.74, 6) is 0. The Balaban J connectivity index is 2.42. The summed E-state index contributed by atoms with van der Waals surface area (Å²) in [5, 5.41) is 9.27. The molecule has 1 heterocycles. The van der Waals surface area contributed by atoms with Crippen molar-refractivity contribution in [3.8, 4) is 0 Å². The maximum absolute atomic E-state index is 12.8. The van der Waals surface area contributed by atoms with Crippen LogP contribution in [0.4, 0.5) is 0 Å². The number of benzene rings is 2. The minimum Gasteiger partial charge on any atom is -0.421 e. The van der Waals surface area contributed by atoms with Gasteiger partial charge in [-0.2, -0.15) is 0 Å². The van der Waals surface area contributed by atoms with Crippen LogP contribution in [0.1, 0.15) is 5.56 Å². The Bertz CT molecular complexity index is 1140. The molecule has 2 aromatic carbocycles. The number of nitrogens with one attached hydrogen (secondary N) is 1. The molecule has 7 nitrogen and oxygen atoms in total. The second-order valence-corrected chi connectivity index (χ2v) is 6.96. The first-order valence-corrected chi connectivity index (χ1v) is 8.10. The van der Waals surface area contributed by atoms with Gasteiger partial charge in [0, 0.05) is 0 Å². The number of H-pyrrole nitrogens is 1. The summed E-state index contributed by atoms with van der Waals surface area (Å²) in [4.78, 5) is 25.6. The number of sulfone groups is 1. The van der Waals surface area contributed by atoms with E-state index in [0.717, 1.165) is 5.56 Å². The fraction of sp³-hybridized carbons (Fsp3) is 0.0667. The molecule has 0 radical (unpaired) electrons. The first-order chi connectivity index (χ1) is 10.8. The molecule has 118 valence electrons. The van der Waals surface area contributed by atoms with Crippen molar-refractivity contribution in [1.29, 1.82) is 0 Å². The van der Waals surface area contributed by atoms with Crippen LogP contribution in [0.5, 0.6) is 0 Å². The van der Waals surface area contributed by atoms with Gasteiger partial charge in [-0.25, -0.2) is 13.2 Å². The molecular formula is C15H12N2O5S. The van der Waals surface area contributed by atoms with Crippen molar-refractivity contribution >= 4 is 20.7 Å². The largest absolute Gasteiger partial charge is 0.421 e. The molecule has 0 aliphatic carbocycles. The van der Waals surface area contributed by atoms with E-state index in [-0.39, 0.29) is 25.4 Å². The number of hydrogen-bond acceptors (Lipinski definition) is 5. The fourth-order valence-corrected chi connectivity index (χ4v) is 3.88. The highest BCUT2D eigenvalue weighted by Gasteiger charge is 2.22. The summed E-state index contributed by atoms with van der Waals surface area (Å²) in [6.07, 6.45) is 0. The lowest BCUT2D eigenvalue weighted by Crippen LogP contribution is -2.33. The van der Waals surface area contributed by atoms with Gasteiger partial charge in [-0.3, -0.25) is 4.79 Å². The minimum atomic E-state index is -3.93. The molecule has 1 aromatic heterocycles. The standard InChI is InChI=1S/C15H12N2O5S/c1-9-4-2-5-10(8-9)23(21,22)12-7-3-6-11-13(12)16-15(19)17(20)14(11)18/h2-8,20H,1H3,(H,16,19). The number of para-hydroxylation sites is 1. The molecule has 0 atom stereocenters. The van der Waals surface area contributed by atoms with Crippen LogP contribution in [-0.2, 0) is 9.84 Å². The van der Waals surface area contributed by atoms with Gasteiger partial charge in [-0.1, -0.05) is 22.9 Å². The number of rotatable bonds is 2. The van der Waals surface area contributed by atoms with E-state index in [0.29, 0.717) is 0 Å². The van der Waals surface area contributed by atoms with E-state index in [4.69, 9.17) is 0 Å². The predicted molar refractivity (Wildman–Crippen MR) is 82.6 cm³/mol. The van der Waals surface area contributed by atoms with Crippen LogP contribution >= 0.6 is 0 Å². The number of aromatic amines is 1. The molecule has 0 saturated carbocycles. The first-order valence-electron chi connectivity index (χ1n) is 6.61. The summed E-state index contributed by atoms with van der Waals surface area (Å²) in [6, 6.07) is 10.3. The van der Waals surface area contributed by atoms with Crippen molar-refractivity contribution in [3.63, 3.8) is 0 Å². The topological polar surface area (TPSA) is 109 Å². The van der Waals surface area contributed by atoms with Crippen LogP contribution in [0.3, 0.4) is 0 Å². The fourth-order valence-electron chi connectivity index (χ4n) is 2.34. The van der Waals surface area contributed by atoms with Crippen molar-refractivity contribution in [2.24, 2.45) is 0 Å². The van der Waals surface area contributed by atoms with Gasteiger partial charge in [-0.15, -0.1) is 0 Å². The van der Waals surface area contributed by atoms with Gasteiger partial charge in [0.2, 0.25) is 9.84 Å². The Labute approximate surface area is 130 Å². The highest BCUT2D eigenvalue weighted by Crippen LogP contribution is 2.25. The molecular weight excluding hydrogens is 320 g/mol. The van der Waals surface area contributed by atoms with Crippen LogP contribution in [0.2, 0.25) is 0 Å². The Morgan fingerprint density at radius 3 is 2.48 bits per heavy atom. The zero-order valence-corrected chi connectivity index (χ0v) is 12.8. The predicted octanol–water partition coefficient (Wildman–Crippen LogP) is 1.07. The third-order valence-electron chi connectivity index (χ3n) is 3.46. The van der Waals surface area contributed by atoms with E-state index in [9.17, 15) is 23.2 Å². The Hall–Kier alpha value is -2.87. The van der Waals surface area contributed by atoms with E-state index in [1.807, 2.05) is 0 Å². The van der Waals surface area contributed by atoms with Gasteiger partial charge in [0.05, 0.1) is 20.7 Å².